The molecular weight excluding hydrogens is 194 g/mol. The van der Waals surface area contributed by atoms with Gasteiger partial charge in [0.1, 0.15) is 0 Å². The standard InChI is InChI=1S/C7H15NO4S/c1-5(2)4-13(11,12)6(3-8)7(9)10/h5-6H,3-4,8H2,1-2H3,(H,9,10). The van der Waals surface area contributed by atoms with Crippen LogP contribution in [0.5, 0.6) is 0 Å². The highest BCUT2D eigenvalue weighted by atomic mass is 32.2. The maximum Gasteiger partial charge on any atom is 0.323 e. The second kappa shape index (κ2) is 4.57. The van der Waals surface area contributed by atoms with Gasteiger partial charge in [-0.3, -0.25) is 4.79 Å². The maximum absolute atomic E-state index is 11.4. The molecule has 5 nitrogen and oxygen atoms in total. The zero-order valence-corrected chi connectivity index (χ0v) is 8.54. The summed E-state index contributed by atoms with van der Waals surface area (Å²) in [5.41, 5.74) is 5.08. The molecule has 3 N–H and O–H groups in total. The van der Waals surface area contributed by atoms with Gasteiger partial charge >= 0.3 is 5.97 Å². The van der Waals surface area contributed by atoms with Gasteiger partial charge in [-0.2, -0.15) is 0 Å². The minimum Gasteiger partial charge on any atom is -0.480 e. The normalized spacial score (nSPS) is 14.5. The number of carboxylic acid groups (broad SMARTS) is 1. The fourth-order valence-corrected chi connectivity index (χ4v) is 2.74. The first-order chi connectivity index (χ1) is 5.81. The minimum atomic E-state index is -3.60. The third-order valence-electron chi connectivity index (χ3n) is 1.49. The van der Waals surface area contributed by atoms with Crippen LogP contribution in [0.4, 0.5) is 0 Å². The van der Waals surface area contributed by atoms with Crippen molar-refractivity contribution < 1.29 is 18.3 Å². The largest absolute Gasteiger partial charge is 0.480 e. The van der Waals surface area contributed by atoms with E-state index < -0.39 is 21.1 Å². The highest BCUT2D eigenvalue weighted by molar-refractivity contribution is 7.92. The quantitative estimate of drug-likeness (QED) is 0.634. The van der Waals surface area contributed by atoms with E-state index in [1.165, 1.54) is 0 Å². The topological polar surface area (TPSA) is 97.5 Å². The lowest BCUT2D eigenvalue weighted by molar-refractivity contribution is -0.136. The second-order valence-electron chi connectivity index (χ2n) is 3.29. The lowest BCUT2D eigenvalue weighted by atomic mass is 10.3. The fraction of sp³-hybridized carbons (Fsp3) is 0.857. The van der Waals surface area contributed by atoms with Crippen molar-refractivity contribution in [3.05, 3.63) is 0 Å². The number of hydrogen-bond donors (Lipinski definition) is 2. The van der Waals surface area contributed by atoms with E-state index in [4.69, 9.17) is 10.8 Å². The van der Waals surface area contributed by atoms with E-state index in [1.807, 2.05) is 0 Å². The third kappa shape index (κ3) is 3.73. The lowest BCUT2D eigenvalue weighted by Crippen LogP contribution is -2.39. The molecule has 0 aromatic carbocycles. The summed E-state index contributed by atoms with van der Waals surface area (Å²) in [5, 5.41) is 7.10. The molecule has 13 heavy (non-hydrogen) atoms. The first-order valence-electron chi connectivity index (χ1n) is 3.95. The van der Waals surface area contributed by atoms with E-state index in [2.05, 4.69) is 0 Å². The van der Waals surface area contributed by atoms with Crippen LogP contribution in [0.2, 0.25) is 0 Å². The Morgan fingerprint density at radius 2 is 1.92 bits per heavy atom. The molecule has 0 rings (SSSR count). The summed E-state index contributed by atoms with van der Waals surface area (Å²) in [5.74, 6) is -1.59. The third-order valence-corrected chi connectivity index (χ3v) is 3.88. The van der Waals surface area contributed by atoms with E-state index in [0.29, 0.717) is 0 Å². The Morgan fingerprint density at radius 3 is 2.15 bits per heavy atom. The Kier molecular flexibility index (Phi) is 4.35. The number of carboxylic acids is 1. The van der Waals surface area contributed by atoms with Gasteiger partial charge < -0.3 is 10.8 Å². The summed E-state index contributed by atoms with van der Waals surface area (Å²) in [6.45, 7) is 3.06. The molecule has 0 aliphatic heterocycles. The average molecular weight is 209 g/mol. The maximum atomic E-state index is 11.4. The summed E-state index contributed by atoms with van der Waals surface area (Å²) in [6, 6.07) is 0. The summed E-state index contributed by atoms with van der Waals surface area (Å²) in [6.07, 6.45) is 0. The van der Waals surface area contributed by atoms with Gasteiger partial charge in [-0.15, -0.1) is 0 Å². The molecule has 0 heterocycles. The van der Waals surface area contributed by atoms with E-state index in [-0.39, 0.29) is 18.2 Å². The Balaban J connectivity index is 4.69. The molecule has 1 atom stereocenters. The molecule has 0 spiro atoms. The van der Waals surface area contributed by atoms with Crippen LogP contribution in [0.3, 0.4) is 0 Å². The van der Waals surface area contributed by atoms with Crippen molar-refractivity contribution in [2.75, 3.05) is 12.3 Å². The zero-order chi connectivity index (χ0) is 10.6. The monoisotopic (exact) mass is 209 g/mol. The average Bonchev–Trinajstić information content (AvgIpc) is 1.82. The van der Waals surface area contributed by atoms with E-state index in [1.54, 1.807) is 13.8 Å². The van der Waals surface area contributed by atoms with Crippen molar-refractivity contribution in [3.8, 4) is 0 Å². The molecular formula is C7H15NO4S. The predicted octanol–water partition coefficient (Wildman–Crippen LogP) is -0.531. The van der Waals surface area contributed by atoms with Crippen LogP contribution in [0, 0.1) is 5.92 Å². The zero-order valence-electron chi connectivity index (χ0n) is 7.73. The molecule has 0 aliphatic rings. The molecule has 0 aromatic rings. The summed E-state index contributed by atoms with van der Waals surface area (Å²) in [7, 11) is -3.60. The molecule has 0 amide bonds. The van der Waals surface area contributed by atoms with Gasteiger partial charge in [-0.25, -0.2) is 8.42 Å². The Morgan fingerprint density at radius 1 is 1.46 bits per heavy atom. The van der Waals surface area contributed by atoms with Crippen molar-refractivity contribution in [2.24, 2.45) is 11.7 Å². The van der Waals surface area contributed by atoms with Gasteiger partial charge in [0.2, 0.25) is 0 Å². The molecule has 1 unspecified atom stereocenters. The van der Waals surface area contributed by atoms with Gasteiger partial charge in [0.25, 0.3) is 0 Å². The Labute approximate surface area is 77.8 Å². The number of aliphatic carboxylic acids is 1. The molecule has 0 fully saturated rings. The molecule has 0 radical (unpaired) electrons. The van der Waals surface area contributed by atoms with Crippen LogP contribution in [-0.2, 0) is 14.6 Å². The van der Waals surface area contributed by atoms with Crippen LogP contribution in [0.1, 0.15) is 13.8 Å². The van der Waals surface area contributed by atoms with E-state index >= 15 is 0 Å². The smallest absolute Gasteiger partial charge is 0.323 e. The molecule has 0 saturated carbocycles. The van der Waals surface area contributed by atoms with Gasteiger partial charge in [0.05, 0.1) is 5.75 Å². The van der Waals surface area contributed by atoms with Crippen LogP contribution < -0.4 is 5.73 Å². The number of rotatable bonds is 5. The number of hydrogen-bond acceptors (Lipinski definition) is 4. The van der Waals surface area contributed by atoms with Crippen molar-refractivity contribution in [1.82, 2.24) is 0 Å². The summed E-state index contributed by atoms with van der Waals surface area (Å²) < 4.78 is 22.7. The number of carbonyl (C=O) groups is 1. The Hall–Kier alpha value is -0.620. The minimum absolute atomic E-state index is 0.0848. The molecule has 78 valence electrons. The fourth-order valence-electron chi connectivity index (χ4n) is 0.982. The van der Waals surface area contributed by atoms with Crippen LogP contribution in [-0.4, -0.2) is 37.0 Å². The lowest BCUT2D eigenvalue weighted by Gasteiger charge is -2.12. The first-order valence-corrected chi connectivity index (χ1v) is 5.67. The Bertz CT molecular complexity index is 270. The predicted molar refractivity (Wildman–Crippen MR) is 49.1 cm³/mol. The van der Waals surface area contributed by atoms with Crippen LogP contribution in [0.25, 0.3) is 0 Å². The van der Waals surface area contributed by atoms with Crippen molar-refractivity contribution in [1.29, 1.82) is 0 Å². The summed E-state index contributed by atoms with van der Waals surface area (Å²) >= 11 is 0. The van der Waals surface area contributed by atoms with E-state index in [9.17, 15) is 13.2 Å². The summed E-state index contributed by atoms with van der Waals surface area (Å²) in [4.78, 5) is 10.5. The highest BCUT2D eigenvalue weighted by Gasteiger charge is 2.31. The van der Waals surface area contributed by atoms with Crippen LogP contribution in [0.15, 0.2) is 0 Å². The molecule has 6 heteroatoms. The molecule has 0 aliphatic carbocycles. The van der Waals surface area contributed by atoms with Crippen molar-refractivity contribution >= 4 is 15.8 Å². The number of sulfone groups is 1. The molecule has 0 bridgehead atoms. The molecule has 0 saturated heterocycles. The van der Waals surface area contributed by atoms with Gasteiger partial charge in [-0.05, 0) is 5.92 Å². The van der Waals surface area contributed by atoms with Gasteiger partial charge in [-0.1, -0.05) is 13.8 Å². The van der Waals surface area contributed by atoms with Gasteiger partial charge in [0.15, 0.2) is 15.1 Å². The van der Waals surface area contributed by atoms with Gasteiger partial charge in [0, 0.05) is 6.54 Å². The first kappa shape index (κ1) is 12.4. The van der Waals surface area contributed by atoms with E-state index in [0.717, 1.165) is 0 Å². The van der Waals surface area contributed by atoms with Crippen LogP contribution >= 0.6 is 0 Å². The number of nitrogens with two attached hydrogens (primary N) is 1. The highest BCUT2D eigenvalue weighted by Crippen LogP contribution is 2.07. The second-order valence-corrected chi connectivity index (χ2v) is 5.51. The molecule has 0 aromatic heterocycles. The SMILES string of the molecule is CC(C)CS(=O)(=O)C(CN)C(=O)O. The van der Waals surface area contributed by atoms with Crippen molar-refractivity contribution in [2.45, 2.75) is 19.1 Å². The van der Waals surface area contributed by atoms with Crippen molar-refractivity contribution in [3.63, 3.8) is 0 Å².